The Labute approximate surface area is 193 Å². The first-order chi connectivity index (χ1) is 15.8. The summed E-state index contributed by atoms with van der Waals surface area (Å²) in [6.07, 6.45) is 0. The van der Waals surface area contributed by atoms with Crippen molar-refractivity contribution in [2.75, 3.05) is 25.0 Å². The number of hydrogen-bond acceptors (Lipinski definition) is 4. The Balaban J connectivity index is 1.47. The van der Waals surface area contributed by atoms with Gasteiger partial charge in [0, 0.05) is 41.1 Å². The third-order valence-electron chi connectivity index (χ3n) is 5.67. The van der Waals surface area contributed by atoms with Crippen LogP contribution >= 0.6 is 0 Å². The quantitative estimate of drug-likeness (QED) is 0.395. The lowest BCUT2D eigenvalue weighted by Gasteiger charge is -2.19. The van der Waals surface area contributed by atoms with Crippen LogP contribution in [0.25, 0.3) is 21.8 Å². The number of aromatic nitrogens is 1. The fourth-order valence-electron chi connectivity index (χ4n) is 3.87. The van der Waals surface area contributed by atoms with Crippen molar-refractivity contribution >= 4 is 43.4 Å². The maximum absolute atomic E-state index is 12.8. The van der Waals surface area contributed by atoms with Gasteiger partial charge in [-0.3, -0.25) is 4.79 Å². The smallest absolute Gasteiger partial charge is 0.262 e. The van der Waals surface area contributed by atoms with Crippen LogP contribution < -0.4 is 10.1 Å². The van der Waals surface area contributed by atoms with E-state index in [1.165, 1.54) is 10.4 Å². The Morgan fingerprint density at radius 1 is 0.970 bits per heavy atom. The minimum atomic E-state index is -3.62. The van der Waals surface area contributed by atoms with E-state index < -0.39 is 10.0 Å². The number of carbonyl (C=O) groups is 1. The fraction of sp³-hybridized carbons (Fsp3) is 0.240. The molecule has 4 rings (SSSR count). The van der Waals surface area contributed by atoms with Crippen LogP contribution in [0.1, 0.15) is 19.4 Å². The SMILES string of the molecule is CCN(CC)S(=O)(=O)c1ccc(C)c(NC(=O)COc2ccc3c(c2)[nH]c2ccccc23)c1. The second kappa shape index (κ2) is 9.25. The second-order valence-corrected chi connectivity index (χ2v) is 9.72. The van der Waals surface area contributed by atoms with E-state index in [4.69, 9.17) is 4.74 Å². The first-order valence-electron chi connectivity index (χ1n) is 10.9. The molecule has 0 aliphatic rings. The highest BCUT2D eigenvalue weighted by molar-refractivity contribution is 7.89. The number of sulfonamides is 1. The summed E-state index contributed by atoms with van der Waals surface area (Å²) in [5, 5.41) is 4.99. The van der Waals surface area contributed by atoms with Gasteiger partial charge in [0.2, 0.25) is 10.0 Å². The van der Waals surface area contributed by atoms with Gasteiger partial charge >= 0.3 is 0 Å². The second-order valence-electron chi connectivity index (χ2n) is 7.78. The number of aryl methyl sites for hydroxylation is 1. The molecule has 0 aliphatic heterocycles. The molecule has 0 spiro atoms. The Morgan fingerprint density at radius 3 is 2.45 bits per heavy atom. The van der Waals surface area contributed by atoms with Gasteiger partial charge in [0.1, 0.15) is 5.75 Å². The molecule has 0 saturated heterocycles. The van der Waals surface area contributed by atoms with Crippen LogP contribution in [0, 0.1) is 6.92 Å². The predicted molar refractivity (Wildman–Crippen MR) is 131 cm³/mol. The van der Waals surface area contributed by atoms with Crippen LogP contribution in [0.4, 0.5) is 5.69 Å². The minimum absolute atomic E-state index is 0.150. The topological polar surface area (TPSA) is 91.5 Å². The predicted octanol–water partition coefficient (Wildman–Crippen LogP) is 4.68. The van der Waals surface area contributed by atoms with Crippen molar-refractivity contribution in [2.45, 2.75) is 25.7 Å². The van der Waals surface area contributed by atoms with Crippen molar-refractivity contribution in [1.82, 2.24) is 9.29 Å². The van der Waals surface area contributed by atoms with Gasteiger partial charge in [-0.25, -0.2) is 8.42 Å². The van der Waals surface area contributed by atoms with Gasteiger partial charge in [0.15, 0.2) is 6.61 Å². The molecule has 1 heterocycles. The molecule has 3 aromatic carbocycles. The zero-order valence-corrected chi connectivity index (χ0v) is 19.7. The number of aromatic amines is 1. The summed E-state index contributed by atoms with van der Waals surface area (Å²) in [7, 11) is -3.62. The maximum Gasteiger partial charge on any atom is 0.262 e. The molecule has 33 heavy (non-hydrogen) atoms. The van der Waals surface area contributed by atoms with E-state index in [1.807, 2.05) is 43.3 Å². The summed E-state index contributed by atoms with van der Waals surface area (Å²) in [6, 6.07) is 18.5. The van der Waals surface area contributed by atoms with Gasteiger partial charge in [0.25, 0.3) is 5.91 Å². The molecule has 0 saturated carbocycles. The van der Waals surface area contributed by atoms with Crippen LogP contribution in [0.15, 0.2) is 65.6 Å². The standard InChI is InChI=1S/C25H27N3O4S/c1-4-28(5-2)33(30,31)19-12-10-17(3)23(15-19)27-25(29)16-32-18-11-13-21-20-8-6-7-9-22(20)26-24(21)14-18/h6-15,26H,4-5,16H2,1-3H3,(H,27,29). The van der Waals surface area contributed by atoms with E-state index in [1.54, 1.807) is 26.0 Å². The molecule has 1 amide bonds. The number of benzene rings is 3. The average Bonchev–Trinajstić information content (AvgIpc) is 3.17. The Hall–Kier alpha value is -3.36. The highest BCUT2D eigenvalue weighted by Crippen LogP contribution is 2.28. The number of anilines is 1. The summed E-state index contributed by atoms with van der Waals surface area (Å²) in [5.74, 6) is 0.200. The van der Waals surface area contributed by atoms with E-state index in [-0.39, 0.29) is 17.4 Å². The Kier molecular flexibility index (Phi) is 6.40. The number of hydrogen-bond donors (Lipinski definition) is 2. The highest BCUT2D eigenvalue weighted by atomic mass is 32.2. The summed E-state index contributed by atoms with van der Waals surface area (Å²) >= 11 is 0. The fourth-order valence-corrected chi connectivity index (χ4v) is 5.35. The summed E-state index contributed by atoms with van der Waals surface area (Å²) in [6.45, 7) is 5.96. The van der Waals surface area contributed by atoms with Crippen LogP contribution in [-0.2, 0) is 14.8 Å². The molecule has 2 N–H and O–H groups in total. The Bertz CT molecular complexity index is 1420. The van der Waals surface area contributed by atoms with Gasteiger partial charge in [-0.15, -0.1) is 0 Å². The van der Waals surface area contributed by atoms with Crippen molar-refractivity contribution in [3.05, 3.63) is 66.2 Å². The van der Waals surface area contributed by atoms with Crippen LogP contribution in [0.3, 0.4) is 0 Å². The highest BCUT2D eigenvalue weighted by Gasteiger charge is 2.22. The van der Waals surface area contributed by atoms with E-state index in [0.29, 0.717) is 24.5 Å². The van der Waals surface area contributed by atoms with Crippen molar-refractivity contribution in [3.8, 4) is 5.75 Å². The number of fused-ring (bicyclic) bond motifs is 3. The van der Waals surface area contributed by atoms with Crippen LogP contribution in [0.2, 0.25) is 0 Å². The third kappa shape index (κ3) is 4.58. The molecule has 1 aromatic heterocycles. The van der Waals surface area contributed by atoms with Gasteiger partial charge in [-0.1, -0.05) is 38.1 Å². The molecule has 4 aromatic rings. The summed E-state index contributed by atoms with van der Waals surface area (Å²) in [5.41, 5.74) is 3.18. The number of amides is 1. The minimum Gasteiger partial charge on any atom is -0.484 e. The first-order valence-corrected chi connectivity index (χ1v) is 12.3. The molecular weight excluding hydrogens is 438 g/mol. The molecule has 0 unspecified atom stereocenters. The monoisotopic (exact) mass is 465 g/mol. The lowest BCUT2D eigenvalue weighted by atomic mass is 10.1. The Morgan fingerprint density at radius 2 is 1.70 bits per heavy atom. The van der Waals surface area contributed by atoms with E-state index >= 15 is 0 Å². The molecule has 172 valence electrons. The number of nitrogens with zero attached hydrogens (tertiary/aromatic N) is 1. The normalized spacial score (nSPS) is 11.9. The van der Waals surface area contributed by atoms with Crippen LogP contribution in [-0.4, -0.2) is 43.3 Å². The number of H-pyrrole nitrogens is 1. The van der Waals surface area contributed by atoms with E-state index in [9.17, 15) is 13.2 Å². The summed E-state index contributed by atoms with van der Waals surface area (Å²) < 4.78 is 32.7. The third-order valence-corrected chi connectivity index (χ3v) is 7.72. The molecule has 0 fully saturated rings. The van der Waals surface area contributed by atoms with Crippen LogP contribution in [0.5, 0.6) is 5.75 Å². The van der Waals surface area contributed by atoms with E-state index in [2.05, 4.69) is 16.4 Å². The van der Waals surface area contributed by atoms with Gasteiger partial charge in [-0.05, 0) is 42.8 Å². The number of para-hydroxylation sites is 1. The largest absolute Gasteiger partial charge is 0.484 e. The summed E-state index contributed by atoms with van der Waals surface area (Å²) in [4.78, 5) is 16.0. The number of nitrogens with one attached hydrogen (secondary N) is 2. The molecular formula is C25H27N3O4S. The zero-order valence-electron chi connectivity index (χ0n) is 18.9. The maximum atomic E-state index is 12.8. The number of rotatable bonds is 8. The zero-order chi connectivity index (χ0) is 23.6. The molecule has 0 radical (unpaired) electrons. The van der Waals surface area contributed by atoms with Crippen molar-refractivity contribution in [3.63, 3.8) is 0 Å². The van der Waals surface area contributed by atoms with Crippen molar-refractivity contribution in [2.24, 2.45) is 0 Å². The van der Waals surface area contributed by atoms with Gasteiger partial charge in [0.05, 0.1) is 10.4 Å². The van der Waals surface area contributed by atoms with Crippen molar-refractivity contribution in [1.29, 1.82) is 0 Å². The average molecular weight is 466 g/mol. The number of ether oxygens (including phenoxy) is 1. The van der Waals surface area contributed by atoms with E-state index in [0.717, 1.165) is 27.4 Å². The molecule has 0 aliphatic carbocycles. The lowest BCUT2D eigenvalue weighted by Crippen LogP contribution is -2.30. The van der Waals surface area contributed by atoms with Gasteiger partial charge in [-0.2, -0.15) is 4.31 Å². The molecule has 0 atom stereocenters. The molecule has 7 nitrogen and oxygen atoms in total. The first kappa shape index (κ1) is 22.8. The van der Waals surface area contributed by atoms with Gasteiger partial charge < -0.3 is 15.0 Å². The lowest BCUT2D eigenvalue weighted by molar-refractivity contribution is -0.118. The van der Waals surface area contributed by atoms with Crippen molar-refractivity contribution < 1.29 is 17.9 Å². The number of carbonyl (C=O) groups excluding carboxylic acids is 1. The molecule has 8 heteroatoms. The molecule has 0 bridgehead atoms.